The summed E-state index contributed by atoms with van der Waals surface area (Å²) in [5.74, 6) is 0.482. The number of halogens is 2. The van der Waals surface area contributed by atoms with Crippen molar-refractivity contribution in [2.75, 3.05) is 7.05 Å². The minimum Gasteiger partial charge on any atom is -0.462 e. The topological polar surface area (TPSA) is 55.6 Å². The van der Waals surface area contributed by atoms with Crippen molar-refractivity contribution in [2.24, 2.45) is 0 Å². The Bertz CT molecular complexity index is 876. The van der Waals surface area contributed by atoms with Gasteiger partial charge in [0.05, 0.1) is 6.26 Å². The van der Waals surface area contributed by atoms with Crippen molar-refractivity contribution in [1.29, 1.82) is 0 Å². The van der Waals surface area contributed by atoms with Crippen LogP contribution in [0.4, 0.5) is 8.78 Å². The van der Waals surface area contributed by atoms with Crippen molar-refractivity contribution >= 4 is 17.2 Å². The molecule has 0 spiro atoms. The number of alkyl halides is 2. The molecule has 0 aliphatic rings. The molecule has 3 rings (SSSR count). The first-order valence-corrected chi connectivity index (χ1v) is 8.56. The van der Waals surface area contributed by atoms with Crippen LogP contribution in [0, 0.1) is 6.92 Å². The maximum atomic E-state index is 12.7. The zero-order chi connectivity index (χ0) is 18.7. The van der Waals surface area contributed by atoms with Gasteiger partial charge in [-0.25, -0.2) is 4.98 Å². The molecule has 1 aromatic carbocycles. The highest BCUT2D eigenvalue weighted by atomic mass is 32.1. The predicted molar refractivity (Wildman–Crippen MR) is 93.4 cm³/mol. The molecule has 0 aliphatic heterocycles. The smallest absolute Gasteiger partial charge is 0.387 e. The first-order chi connectivity index (χ1) is 12.4. The zero-order valence-electron chi connectivity index (χ0n) is 14.1. The van der Waals surface area contributed by atoms with Gasteiger partial charge in [-0.05, 0) is 36.8 Å². The van der Waals surface area contributed by atoms with E-state index < -0.39 is 6.61 Å². The Morgan fingerprint density at radius 3 is 2.65 bits per heavy atom. The molecule has 0 N–H and O–H groups in total. The summed E-state index contributed by atoms with van der Waals surface area (Å²) in [5, 5.41) is 0.651. The van der Waals surface area contributed by atoms with Gasteiger partial charge in [0.25, 0.3) is 5.91 Å². The van der Waals surface area contributed by atoms with Gasteiger partial charge in [0, 0.05) is 18.5 Å². The van der Waals surface area contributed by atoms with Crippen molar-refractivity contribution in [2.45, 2.75) is 20.1 Å². The Morgan fingerprint density at radius 1 is 1.31 bits per heavy atom. The van der Waals surface area contributed by atoms with Crippen LogP contribution in [-0.4, -0.2) is 29.5 Å². The van der Waals surface area contributed by atoms with Gasteiger partial charge in [-0.1, -0.05) is 12.1 Å². The largest absolute Gasteiger partial charge is 0.462 e. The summed E-state index contributed by atoms with van der Waals surface area (Å²) in [4.78, 5) is 19.4. The molecule has 136 valence electrons. The van der Waals surface area contributed by atoms with Gasteiger partial charge < -0.3 is 14.1 Å². The standard InChI is InChI=1S/C18H16F2N2O3S/c1-11-15(21-16(26-11)14-4-3-9-24-14)17(23)22(2)10-12-5-7-13(8-6-12)25-18(19)20/h3-9,18H,10H2,1-2H3. The number of rotatable bonds is 6. The summed E-state index contributed by atoms with van der Waals surface area (Å²) in [6.45, 7) is -0.705. The molecular weight excluding hydrogens is 362 g/mol. The van der Waals surface area contributed by atoms with Crippen molar-refractivity contribution in [3.63, 3.8) is 0 Å². The number of carbonyl (C=O) groups is 1. The number of aromatic nitrogens is 1. The fourth-order valence-electron chi connectivity index (χ4n) is 2.40. The third-order valence-electron chi connectivity index (χ3n) is 3.65. The molecule has 2 aromatic heterocycles. The van der Waals surface area contributed by atoms with Crippen LogP contribution in [0.25, 0.3) is 10.8 Å². The molecule has 26 heavy (non-hydrogen) atoms. The van der Waals surface area contributed by atoms with Gasteiger partial charge in [-0.2, -0.15) is 8.78 Å². The maximum absolute atomic E-state index is 12.7. The molecule has 1 amide bonds. The summed E-state index contributed by atoms with van der Waals surface area (Å²) in [5.41, 5.74) is 1.17. The lowest BCUT2D eigenvalue weighted by atomic mass is 10.2. The van der Waals surface area contributed by atoms with Gasteiger partial charge >= 0.3 is 6.61 Å². The molecule has 0 fully saturated rings. The van der Waals surface area contributed by atoms with Crippen molar-refractivity contribution in [3.8, 4) is 16.5 Å². The molecular formula is C18H16F2N2O3S. The van der Waals surface area contributed by atoms with Crippen LogP contribution >= 0.6 is 11.3 Å². The van der Waals surface area contributed by atoms with Crippen LogP contribution in [0.2, 0.25) is 0 Å². The number of nitrogens with zero attached hydrogens (tertiary/aromatic N) is 2. The van der Waals surface area contributed by atoms with Crippen LogP contribution in [0.5, 0.6) is 5.75 Å². The number of ether oxygens (including phenoxy) is 1. The molecule has 0 aliphatic carbocycles. The fourth-order valence-corrected chi connectivity index (χ4v) is 3.28. The van der Waals surface area contributed by atoms with E-state index in [-0.39, 0.29) is 11.7 Å². The normalized spacial score (nSPS) is 11.0. The van der Waals surface area contributed by atoms with Gasteiger partial charge in [-0.3, -0.25) is 4.79 Å². The number of hydrogen-bond acceptors (Lipinski definition) is 5. The van der Waals surface area contributed by atoms with E-state index in [1.807, 2.05) is 6.92 Å². The van der Waals surface area contributed by atoms with Crippen molar-refractivity contribution in [3.05, 3.63) is 58.8 Å². The van der Waals surface area contributed by atoms with Crippen LogP contribution in [0.3, 0.4) is 0 Å². The minimum absolute atomic E-state index is 0.0798. The molecule has 2 heterocycles. The number of furan rings is 1. The number of aryl methyl sites for hydroxylation is 1. The highest BCUT2D eigenvalue weighted by Crippen LogP contribution is 2.28. The van der Waals surface area contributed by atoms with Crippen LogP contribution in [0.15, 0.2) is 47.1 Å². The molecule has 0 atom stereocenters. The number of thiazole rings is 1. The second-order valence-corrected chi connectivity index (χ2v) is 6.79. The van der Waals surface area contributed by atoms with Gasteiger partial charge in [0.15, 0.2) is 10.8 Å². The van der Waals surface area contributed by atoms with Crippen molar-refractivity contribution < 1.29 is 22.7 Å². The summed E-state index contributed by atoms with van der Waals surface area (Å²) in [7, 11) is 1.66. The monoisotopic (exact) mass is 378 g/mol. The molecule has 0 unspecified atom stereocenters. The number of hydrogen-bond donors (Lipinski definition) is 0. The van der Waals surface area contributed by atoms with Crippen LogP contribution in [-0.2, 0) is 6.54 Å². The Balaban J connectivity index is 1.70. The lowest BCUT2D eigenvalue weighted by molar-refractivity contribution is -0.0498. The average molecular weight is 378 g/mol. The van der Waals surface area contributed by atoms with E-state index in [2.05, 4.69) is 9.72 Å². The summed E-state index contributed by atoms with van der Waals surface area (Å²) in [6, 6.07) is 9.74. The Morgan fingerprint density at radius 2 is 2.04 bits per heavy atom. The van der Waals surface area contributed by atoms with E-state index in [1.165, 1.54) is 28.4 Å². The highest BCUT2D eigenvalue weighted by Gasteiger charge is 2.20. The van der Waals surface area contributed by atoms with Crippen molar-refractivity contribution in [1.82, 2.24) is 9.88 Å². The summed E-state index contributed by atoms with van der Waals surface area (Å²) < 4.78 is 34.0. The third-order valence-corrected chi connectivity index (χ3v) is 4.63. The molecule has 0 radical (unpaired) electrons. The quantitative estimate of drug-likeness (QED) is 0.630. The lowest BCUT2D eigenvalue weighted by Crippen LogP contribution is -2.27. The molecule has 3 aromatic rings. The number of carbonyl (C=O) groups excluding carboxylic acids is 1. The SMILES string of the molecule is Cc1sc(-c2ccco2)nc1C(=O)N(C)Cc1ccc(OC(F)F)cc1. The first kappa shape index (κ1) is 18.1. The molecule has 0 saturated heterocycles. The van der Waals surface area contributed by atoms with Gasteiger partial charge in [0.2, 0.25) is 0 Å². The van der Waals surface area contributed by atoms with E-state index in [9.17, 15) is 13.6 Å². The highest BCUT2D eigenvalue weighted by molar-refractivity contribution is 7.15. The van der Waals surface area contributed by atoms with Crippen LogP contribution < -0.4 is 4.74 Å². The fraction of sp³-hybridized carbons (Fsp3) is 0.222. The molecule has 0 bridgehead atoms. The second-order valence-electron chi connectivity index (χ2n) is 5.58. The Labute approximate surface area is 152 Å². The van der Waals surface area contributed by atoms with E-state index >= 15 is 0 Å². The second kappa shape index (κ2) is 7.65. The molecule has 5 nitrogen and oxygen atoms in total. The summed E-state index contributed by atoms with van der Waals surface area (Å²) >= 11 is 1.39. The maximum Gasteiger partial charge on any atom is 0.387 e. The van der Waals surface area contributed by atoms with E-state index in [1.54, 1.807) is 37.6 Å². The van der Waals surface area contributed by atoms with Crippen LogP contribution in [0.1, 0.15) is 20.9 Å². The molecule has 0 saturated carbocycles. The lowest BCUT2D eigenvalue weighted by Gasteiger charge is -2.16. The Kier molecular flexibility index (Phi) is 5.32. The first-order valence-electron chi connectivity index (χ1n) is 7.74. The van der Waals surface area contributed by atoms with E-state index in [0.29, 0.717) is 23.0 Å². The van der Waals surface area contributed by atoms with Gasteiger partial charge in [0.1, 0.15) is 11.4 Å². The summed E-state index contributed by atoms with van der Waals surface area (Å²) in [6.07, 6.45) is 1.56. The Hall–Kier alpha value is -2.74. The minimum atomic E-state index is -2.86. The number of amides is 1. The van der Waals surface area contributed by atoms with Gasteiger partial charge in [-0.15, -0.1) is 11.3 Å². The molecule has 8 heteroatoms. The van der Waals surface area contributed by atoms with E-state index in [4.69, 9.17) is 4.42 Å². The average Bonchev–Trinajstić information content (AvgIpc) is 3.25. The third kappa shape index (κ3) is 4.08. The number of benzene rings is 1. The predicted octanol–water partition coefficient (Wildman–Crippen LogP) is 4.59. The van der Waals surface area contributed by atoms with E-state index in [0.717, 1.165) is 10.4 Å². The zero-order valence-corrected chi connectivity index (χ0v) is 14.9.